The molecule has 0 unspecified atom stereocenters. The van der Waals surface area contributed by atoms with Gasteiger partial charge in [0, 0.05) is 23.7 Å². The highest BCUT2D eigenvalue weighted by atomic mass is 32.2. The first-order chi connectivity index (χ1) is 10.0. The Bertz CT molecular complexity index is 707. The molecule has 0 aliphatic carbocycles. The van der Waals surface area contributed by atoms with Crippen molar-refractivity contribution in [1.82, 2.24) is 14.7 Å². The lowest BCUT2D eigenvalue weighted by molar-refractivity contribution is 0.418. The summed E-state index contributed by atoms with van der Waals surface area (Å²) in [6, 6.07) is 3.92. The Morgan fingerprint density at radius 3 is 3.00 bits per heavy atom. The third kappa shape index (κ3) is 3.51. The van der Waals surface area contributed by atoms with E-state index in [0.29, 0.717) is 0 Å². The van der Waals surface area contributed by atoms with Crippen molar-refractivity contribution in [3.05, 3.63) is 41.4 Å². The highest BCUT2D eigenvalue weighted by Gasteiger charge is 2.17. The molecule has 0 atom stereocenters. The largest absolute Gasteiger partial charge is 0.468 e. The molecule has 0 saturated heterocycles. The lowest BCUT2D eigenvalue weighted by Gasteiger charge is -2.20. The van der Waals surface area contributed by atoms with Crippen molar-refractivity contribution < 1.29 is 4.42 Å². The van der Waals surface area contributed by atoms with Gasteiger partial charge in [0.05, 0.1) is 17.7 Å². The molecule has 0 aromatic carbocycles. The maximum absolute atomic E-state index is 5.40. The number of imidazole rings is 1. The first-order valence-electron chi connectivity index (χ1n) is 6.87. The van der Waals surface area contributed by atoms with E-state index in [4.69, 9.17) is 9.40 Å². The molecule has 3 aromatic rings. The summed E-state index contributed by atoms with van der Waals surface area (Å²) in [5.74, 6) is 1.78. The van der Waals surface area contributed by atoms with E-state index in [0.717, 1.165) is 28.0 Å². The molecule has 0 amide bonds. The number of nitrogens with zero attached hydrogens (tertiary/aromatic N) is 2. The molecule has 3 aromatic heterocycles. The van der Waals surface area contributed by atoms with Crippen molar-refractivity contribution in [3.63, 3.8) is 0 Å². The number of hydrogen-bond donors (Lipinski definition) is 1. The minimum atomic E-state index is 0.0864. The summed E-state index contributed by atoms with van der Waals surface area (Å²) in [6.45, 7) is 7.33. The highest BCUT2D eigenvalue weighted by molar-refractivity contribution is 7.98. The molecule has 0 fully saturated rings. The Morgan fingerprint density at radius 1 is 1.43 bits per heavy atom. The summed E-state index contributed by atoms with van der Waals surface area (Å²) in [5.41, 5.74) is 1.31. The third-order valence-corrected chi connectivity index (χ3v) is 4.83. The minimum absolute atomic E-state index is 0.0864. The summed E-state index contributed by atoms with van der Waals surface area (Å²) in [7, 11) is 0. The molecule has 4 nitrogen and oxygen atoms in total. The Kier molecular flexibility index (Phi) is 4.10. The standard InChI is InChI=1S/C15H19N3OS2/c1-15(2,3)16-9-12-13(17-14-18(12)6-8-20-14)21-10-11-5-4-7-19-11/h4-8,16H,9-10H2,1-3H3. The summed E-state index contributed by atoms with van der Waals surface area (Å²) < 4.78 is 7.57. The topological polar surface area (TPSA) is 42.5 Å². The molecule has 0 aliphatic heterocycles. The zero-order chi connectivity index (χ0) is 14.9. The van der Waals surface area contributed by atoms with Crippen molar-refractivity contribution in [2.45, 2.75) is 43.6 Å². The van der Waals surface area contributed by atoms with Crippen LogP contribution in [-0.4, -0.2) is 14.9 Å². The van der Waals surface area contributed by atoms with E-state index in [9.17, 15) is 0 Å². The zero-order valence-corrected chi connectivity index (χ0v) is 14.1. The number of rotatable bonds is 5. The number of nitrogens with one attached hydrogen (secondary N) is 1. The Morgan fingerprint density at radius 2 is 2.29 bits per heavy atom. The van der Waals surface area contributed by atoms with Gasteiger partial charge in [-0.1, -0.05) is 11.8 Å². The molecule has 0 aliphatic rings. The molecule has 21 heavy (non-hydrogen) atoms. The van der Waals surface area contributed by atoms with Gasteiger partial charge < -0.3 is 9.73 Å². The average molecular weight is 321 g/mol. The summed E-state index contributed by atoms with van der Waals surface area (Å²) >= 11 is 3.39. The minimum Gasteiger partial charge on any atom is -0.468 e. The number of fused-ring (bicyclic) bond motifs is 1. The van der Waals surface area contributed by atoms with E-state index >= 15 is 0 Å². The van der Waals surface area contributed by atoms with Crippen LogP contribution >= 0.6 is 23.1 Å². The fourth-order valence-corrected chi connectivity index (χ4v) is 3.69. The van der Waals surface area contributed by atoms with E-state index in [1.54, 1.807) is 29.4 Å². The SMILES string of the molecule is CC(C)(C)NCc1c(SCc2ccco2)nc2sccn12. The van der Waals surface area contributed by atoms with Gasteiger partial charge in [-0.3, -0.25) is 4.40 Å². The smallest absolute Gasteiger partial charge is 0.194 e. The predicted octanol–water partition coefficient (Wildman–Crippen LogP) is 4.17. The van der Waals surface area contributed by atoms with Gasteiger partial charge in [0.15, 0.2) is 4.96 Å². The van der Waals surface area contributed by atoms with Crippen molar-refractivity contribution in [2.24, 2.45) is 0 Å². The van der Waals surface area contributed by atoms with Gasteiger partial charge in [0.2, 0.25) is 0 Å². The molecular formula is C15H19N3OS2. The first kappa shape index (κ1) is 14.7. The van der Waals surface area contributed by atoms with Crippen molar-refractivity contribution in [2.75, 3.05) is 0 Å². The maximum atomic E-state index is 5.40. The van der Waals surface area contributed by atoms with Gasteiger partial charge in [-0.2, -0.15) is 0 Å². The van der Waals surface area contributed by atoms with Gasteiger partial charge in [-0.15, -0.1) is 11.3 Å². The van der Waals surface area contributed by atoms with E-state index in [-0.39, 0.29) is 5.54 Å². The van der Waals surface area contributed by atoms with Gasteiger partial charge in [-0.05, 0) is 32.9 Å². The van der Waals surface area contributed by atoms with Crippen LogP contribution in [0.5, 0.6) is 0 Å². The van der Waals surface area contributed by atoms with Crippen molar-refractivity contribution in [1.29, 1.82) is 0 Å². The van der Waals surface area contributed by atoms with E-state index in [2.05, 4.69) is 42.1 Å². The molecule has 0 bridgehead atoms. The number of hydrogen-bond acceptors (Lipinski definition) is 5. The van der Waals surface area contributed by atoms with Crippen molar-refractivity contribution >= 4 is 28.1 Å². The first-order valence-corrected chi connectivity index (χ1v) is 8.74. The normalized spacial score (nSPS) is 12.3. The van der Waals surface area contributed by atoms with Crippen LogP contribution in [-0.2, 0) is 12.3 Å². The second-order valence-electron chi connectivity index (χ2n) is 5.89. The third-order valence-electron chi connectivity index (χ3n) is 3.04. The molecule has 112 valence electrons. The fraction of sp³-hybridized carbons (Fsp3) is 0.400. The van der Waals surface area contributed by atoms with Crippen LogP contribution < -0.4 is 5.32 Å². The molecule has 1 N–H and O–H groups in total. The monoisotopic (exact) mass is 321 g/mol. The van der Waals surface area contributed by atoms with Crippen LogP contribution in [0, 0.1) is 0 Å². The number of thiazole rings is 1. The van der Waals surface area contributed by atoms with E-state index in [1.165, 1.54) is 5.69 Å². The molecule has 0 radical (unpaired) electrons. The molecule has 0 saturated carbocycles. The van der Waals surface area contributed by atoms with Crippen molar-refractivity contribution in [3.8, 4) is 0 Å². The van der Waals surface area contributed by atoms with Crippen LogP contribution in [0.1, 0.15) is 32.2 Å². The van der Waals surface area contributed by atoms with Crippen LogP contribution in [0.15, 0.2) is 39.4 Å². The molecule has 0 spiro atoms. The number of thioether (sulfide) groups is 1. The second-order valence-corrected chi connectivity index (χ2v) is 7.73. The quantitative estimate of drug-likeness (QED) is 0.716. The van der Waals surface area contributed by atoms with Crippen LogP contribution in [0.25, 0.3) is 4.96 Å². The van der Waals surface area contributed by atoms with Gasteiger partial charge >= 0.3 is 0 Å². The summed E-state index contributed by atoms with van der Waals surface area (Å²) in [6.07, 6.45) is 3.80. The zero-order valence-electron chi connectivity index (χ0n) is 12.4. The molecule has 6 heteroatoms. The Labute approximate surface area is 132 Å². The summed E-state index contributed by atoms with van der Waals surface area (Å²) in [4.78, 5) is 5.78. The average Bonchev–Trinajstić information content (AvgIpc) is 3.10. The second kappa shape index (κ2) is 5.87. The maximum Gasteiger partial charge on any atom is 0.194 e. The van der Waals surface area contributed by atoms with Crippen LogP contribution in [0.2, 0.25) is 0 Å². The van der Waals surface area contributed by atoms with Gasteiger partial charge in [0.1, 0.15) is 10.8 Å². The van der Waals surface area contributed by atoms with Crippen LogP contribution in [0.3, 0.4) is 0 Å². The Balaban J connectivity index is 1.81. The lowest BCUT2D eigenvalue weighted by atomic mass is 10.1. The lowest BCUT2D eigenvalue weighted by Crippen LogP contribution is -2.35. The summed E-state index contributed by atoms with van der Waals surface area (Å²) in [5, 5.41) is 6.70. The Hall–Kier alpha value is -1.24. The predicted molar refractivity (Wildman–Crippen MR) is 87.9 cm³/mol. The number of furan rings is 1. The van der Waals surface area contributed by atoms with Crippen LogP contribution in [0.4, 0.5) is 0 Å². The van der Waals surface area contributed by atoms with Gasteiger partial charge in [-0.25, -0.2) is 4.98 Å². The molecular weight excluding hydrogens is 302 g/mol. The highest BCUT2D eigenvalue weighted by Crippen LogP contribution is 2.29. The number of aromatic nitrogens is 2. The van der Waals surface area contributed by atoms with Gasteiger partial charge in [0.25, 0.3) is 0 Å². The molecule has 3 heterocycles. The molecule has 3 rings (SSSR count). The fourth-order valence-electron chi connectivity index (χ4n) is 1.97. The van der Waals surface area contributed by atoms with E-state index < -0.39 is 0 Å². The van der Waals surface area contributed by atoms with E-state index in [1.807, 2.05) is 12.1 Å².